The van der Waals surface area contributed by atoms with Crippen LogP contribution in [0.5, 0.6) is 11.5 Å². The van der Waals surface area contributed by atoms with Crippen molar-refractivity contribution in [3.05, 3.63) is 83.2 Å². The van der Waals surface area contributed by atoms with Gasteiger partial charge in [-0.2, -0.15) is 26.3 Å². The van der Waals surface area contributed by atoms with Gasteiger partial charge in [0.25, 0.3) is 11.5 Å². The van der Waals surface area contributed by atoms with E-state index in [0.717, 1.165) is 15.9 Å². The lowest BCUT2D eigenvalue weighted by atomic mass is 9.90. The van der Waals surface area contributed by atoms with Crippen LogP contribution in [-0.2, 0) is 28.9 Å². The summed E-state index contributed by atoms with van der Waals surface area (Å²) >= 11 is 1.53. The van der Waals surface area contributed by atoms with Gasteiger partial charge >= 0.3 is 18.4 Å². The number of pyridine rings is 1. The van der Waals surface area contributed by atoms with Crippen LogP contribution in [0.3, 0.4) is 0 Å². The number of ether oxygens (including phenoxy) is 1. The number of aryl methyl sites for hydroxylation is 1. The number of nitrogens with one attached hydrogen (secondary N) is 1. The van der Waals surface area contributed by atoms with Crippen molar-refractivity contribution in [2.75, 3.05) is 6.26 Å². The summed E-state index contributed by atoms with van der Waals surface area (Å²) in [5, 5.41) is 12.5. The lowest BCUT2D eigenvalue weighted by Gasteiger charge is -2.33. The Bertz CT molecular complexity index is 1500. The average Bonchev–Trinajstić information content (AvgIpc) is 3.16. The van der Waals surface area contributed by atoms with E-state index < -0.39 is 41.0 Å². The van der Waals surface area contributed by atoms with Crippen molar-refractivity contribution in [3.8, 4) is 11.5 Å². The number of halogens is 6. The molecule has 1 saturated heterocycles. The molecule has 1 fully saturated rings. The average molecular weight is 628 g/mol. The predicted octanol–water partition coefficient (Wildman–Crippen LogP) is 6.83. The molecule has 2 N–H and O–H groups in total. The van der Waals surface area contributed by atoms with Crippen LogP contribution in [0, 0.1) is 0 Å². The molecule has 230 valence electrons. The summed E-state index contributed by atoms with van der Waals surface area (Å²) in [7, 11) is 0. The van der Waals surface area contributed by atoms with Gasteiger partial charge in [-0.25, -0.2) is 4.79 Å². The van der Waals surface area contributed by atoms with Gasteiger partial charge in [0.15, 0.2) is 0 Å². The highest BCUT2D eigenvalue weighted by molar-refractivity contribution is 7.98. The number of rotatable bonds is 9. The van der Waals surface area contributed by atoms with Crippen LogP contribution in [0.4, 0.5) is 31.1 Å². The Morgan fingerprint density at radius 2 is 1.65 bits per heavy atom. The number of nitrogens with zero attached hydrogens (tertiary/aromatic N) is 2. The van der Waals surface area contributed by atoms with Gasteiger partial charge in [0.05, 0.1) is 12.2 Å². The highest BCUT2D eigenvalue weighted by Gasteiger charge is 2.71. The third-order valence-corrected chi connectivity index (χ3v) is 7.84. The lowest BCUT2D eigenvalue weighted by molar-refractivity contribution is -0.376. The molecule has 0 radical (unpaired) electrons. The molecule has 0 aliphatic carbocycles. The molecule has 0 spiro atoms. The molecule has 3 amide bonds. The summed E-state index contributed by atoms with van der Waals surface area (Å²) in [5.74, 6) is -0.435. The van der Waals surface area contributed by atoms with Gasteiger partial charge in [-0.1, -0.05) is 31.5 Å². The Morgan fingerprint density at radius 1 is 1.00 bits per heavy atom. The van der Waals surface area contributed by atoms with Crippen molar-refractivity contribution in [1.29, 1.82) is 0 Å². The molecular weight excluding hydrogens is 600 g/mol. The lowest BCUT2D eigenvalue weighted by Crippen LogP contribution is -2.53. The first-order valence-corrected chi connectivity index (χ1v) is 14.2. The van der Waals surface area contributed by atoms with Gasteiger partial charge in [0.2, 0.25) is 0 Å². The quantitative estimate of drug-likeness (QED) is 0.154. The normalized spacial score (nSPS) is 17.8. The molecule has 1 aliphatic heterocycles. The van der Waals surface area contributed by atoms with Crippen molar-refractivity contribution in [3.63, 3.8) is 0 Å². The number of thioether (sulfide) groups is 1. The van der Waals surface area contributed by atoms with Crippen LogP contribution in [0.25, 0.3) is 0 Å². The number of carbonyl (C=O) groups excluding carboxylic acids is 2. The molecule has 0 bridgehead atoms. The molecule has 2 heterocycles. The molecule has 1 aromatic heterocycles. The summed E-state index contributed by atoms with van der Waals surface area (Å²) in [6.45, 7) is 3.03. The zero-order chi connectivity index (χ0) is 31.8. The molecule has 43 heavy (non-hydrogen) atoms. The minimum Gasteiger partial charge on any atom is -0.457 e. The SMILES string of the molecule is CCCc1cc(C(O)(C(F)(F)F)C(F)(F)F)ccc1Oc1ccnc(CN2C(=O)NC(C)(c3ccc(SC)cc3)C2=O)c1. The third-order valence-electron chi connectivity index (χ3n) is 7.10. The van der Waals surface area contributed by atoms with Gasteiger partial charge in [-0.15, -0.1) is 11.8 Å². The predicted molar refractivity (Wildman–Crippen MR) is 145 cm³/mol. The maximum absolute atomic E-state index is 13.4. The van der Waals surface area contributed by atoms with Crippen molar-refractivity contribution in [2.24, 2.45) is 0 Å². The number of amides is 3. The van der Waals surface area contributed by atoms with Gasteiger partial charge in [0, 0.05) is 22.7 Å². The fraction of sp³-hybridized carbons (Fsp3) is 0.345. The molecule has 0 saturated carbocycles. The number of aliphatic hydroxyl groups is 1. The zero-order valence-electron chi connectivity index (χ0n) is 23.1. The molecule has 14 heteroatoms. The molecule has 7 nitrogen and oxygen atoms in total. The van der Waals surface area contributed by atoms with Crippen molar-refractivity contribution in [1.82, 2.24) is 15.2 Å². The summed E-state index contributed by atoms with van der Waals surface area (Å²) in [6.07, 6.45) is -8.42. The second-order valence-electron chi connectivity index (χ2n) is 10.0. The van der Waals surface area contributed by atoms with E-state index in [1.807, 2.05) is 18.4 Å². The van der Waals surface area contributed by atoms with Crippen LogP contribution >= 0.6 is 11.8 Å². The number of urea groups is 1. The fourth-order valence-electron chi connectivity index (χ4n) is 4.71. The van der Waals surface area contributed by atoms with E-state index in [9.17, 15) is 41.0 Å². The number of hydrogen-bond donors (Lipinski definition) is 2. The summed E-state index contributed by atoms with van der Waals surface area (Å²) in [4.78, 5) is 32.3. The smallest absolute Gasteiger partial charge is 0.430 e. The number of hydrogen-bond acceptors (Lipinski definition) is 6. The summed E-state index contributed by atoms with van der Waals surface area (Å²) < 4.78 is 86.4. The highest BCUT2D eigenvalue weighted by atomic mass is 32.2. The second kappa shape index (κ2) is 11.7. The van der Waals surface area contributed by atoms with E-state index in [1.54, 1.807) is 26.0 Å². The number of alkyl halides is 6. The van der Waals surface area contributed by atoms with E-state index >= 15 is 0 Å². The molecule has 1 atom stereocenters. The van der Waals surface area contributed by atoms with Crippen molar-refractivity contribution < 1.29 is 45.8 Å². The summed E-state index contributed by atoms with van der Waals surface area (Å²) in [6, 6.07) is 11.4. The highest BCUT2D eigenvalue weighted by Crippen LogP contribution is 2.50. The van der Waals surface area contributed by atoms with E-state index in [2.05, 4.69) is 10.3 Å². The molecule has 3 aromatic rings. The molecule has 4 rings (SSSR count). The molecule has 1 aliphatic rings. The second-order valence-corrected chi connectivity index (χ2v) is 10.9. The fourth-order valence-corrected chi connectivity index (χ4v) is 5.12. The number of imide groups is 1. The number of benzene rings is 2. The Labute approximate surface area is 247 Å². The van der Waals surface area contributed by atoms with Crippen LogP contribution in [0.2, 0.25) is 0 Å². The van der Waals surface area contributed by atoms with Crippen molar-refractivity contribution in [2.45, 2.75) is 61.6 Å². The van der Waals surface area contributed by atoms with Crippen molar-refractivity contribution >= 4 is 23.7 Å². The van der Waals surface area contributed by atoms with Gasteiger partial charge in [0.1, 0.15) is 17.0 Å². The third kappa shape index (κ3) is 6.03. The Hall–Kier alpha value is -3.78. The van der Waals surface area contributed by atoms with E-state index in [1.165, 1.54) is 30.1 Å². The topological polar surface area (TPSA) is 91.8 Å². The van der Waals surface area contributed by atoms with Crippen LogP contribution in [-0.4, -0.2) is 45.5 Å². The molecule has 1 unspecified atom stereocenters. The standard InChI is InChI=1S/C29H27F6N3O4S/c1-4-5-17-14-19(27(41,28(30,31)32)29(33,34)35)8-11-23(17)42-21-12-13-36-20(15-21)16-38-24(39)26(2,37-25(38)40)18-6-9-22(43-3)10-7-18/h6-15,41H,4-5,16H2,1-3H3,(H,37,40). The molecular formula is C29H27F6N3O4S. The maximum Gasteiger partial charge on any atom is 0.430 e. The minimum absolute atomic E-state index is 0.00245. The monoisotopic (exact) mass is 627 g/mol. The Morgan fingerprint density at radius 3 is 2.23 bits per heavy atom. The van der Waals surface area contributed by atoms with Crippen LogP contribution < -0.4 is 10.1 Å². The van der Waals surface area contributed by atoms with Gasteiger partial charge < -0.3 is 15.2 Å². The van der Waals surface area contributed by atoms with E-state index in [-0.39, 0.29) is 35.7 Å². The zero-order valence-corrected chi connectivity index (χ0v) is 24.0. The largest absolute Gasteiger partial charge is 0.457 e. The Kier molecular flexibility index (Phi) is 8.76. The van der Waals surface area contributed by atoms with Gasteiger partial charge in [-0.3, -0.25) is 14.7 Å². The number of carbonyl (C=O) groups is 2. The van der Waals surface area contributed by atoms with Crippen LogP contribution in [0.15, 0.2) is 65.7 Å². The first-order chi connectivity index (χ1) is 20.0. The van der Waals surface area contributed by atoms with Crippen LogP contribution in [0.1, 0.15) is 42.7 Å². The maximum atomic E-state index is 13.4. The Balaban J connectivity index is 1.58. The van der Waals surface area contributed by atoms with Gasteiger partial charge in [-0.05, 0) is 61.1 Å². The molecule has 2 aromatic carbocycles. The first kappa shape index (κ1) is 32.1. The van der Waals surface area contributed by atoms with E-state index in [4.69, 9.17) is 4.74 Å². The van der Waals surface area contributed by atoms with E-state index in [0.29, 0.717) is 24.1 Å². The first-order valence-electron chi connectivity index (χ1n) is 13.0. The summed E-state index contributed by atoms with van der Waals surface area (Å²) in [5.41, 5.74) is -6.94. The minimum atomic E-state index is -6.02. The number of aromatic nitrogens is 1.